The minimum absolute atomic E-state index is 0.0527. The molecule has 1 heterocycles. The maximum Gasteiger partial charge on any atom is 0.303 e. The fourth-order valence-electron chi connectivity index (χ4n) is 2.80. The number of hydrogen-bond donors (Lipinski definition) is 1. The van der Waals surface area contributed by atoms with Crippen LogP contribution in [0, 0.1) is 0 Å². The van der Waals surface area contributed by atoms with Crippen molar-refractivity contribution in [2.24, 2.45) is 0 Å². The number of hydrogen-bond acceptors (Lipinski definition) is 5. The molecule has 2 aromatic carbocycles. The number of benzene rings is 2. The van der Waals surface area contributed by atoms with Gasteiger partial charge in [-0.05, 0) is 54.3 Å². The number of nitrogens with zero attached hydrogens (tertiary/aromatic N) is 1. The Morgan fingerprint density at radius 1 is 1.18 bits per heavy atom. The molecule has 0 aliphatic rings. The summed E-state index contributed by atoms with van der Waals surface area (Å²) >= 11 is 1.57. The van der Waals surface area contributed by atoms with Crippen molar-refractivity contribution in [1.82, 2.24) is 4.98 Å². The van der Waals surface area contributed by atoms with Gasteiger partial charge in [-0.15, -0.1) is 11.3 Å². The highest BCUT2D eigenvalue weighted by molar-refractivity contribution is 7.19. The molecular weight excluding hydrogens is 374 g/mol. The lowest BCUT2D eigenvalue weighted by Gasteiger charge is -2.11. The standard InChI is InChI=1S/C22H23NO4S/c1-3-12-27-19-14-15(8-10-18(19)26-2)13-16(9-11-21(24)25)22-23-17-6-4-5-7-20(17)28-22/h4-8,10,13-14H,3,9,11-12H2,1-2H3,(H,24,25). The van der Waals surface area contributed by atoms with E-state index in [2.05, 4.69) is 0 Å². The highest BCUT2D eigenvalue weighted by atomic mass is 32.1. The van der Waals surface area contributed by atoms with E-state index >= 15 is 0 Å². The van der Waals surface area contributed by atoms with E-state index in [1.807, 2.05) is 55.5 Å². The molecule has 0 radical (unpaired) electrons. The molecule has 0 bridgehead atoms. The number of carboxylic acids is 1. The van der Waals surface area contributed by atoms with Crippen molar-refractivity contribution in [3.63, 3.8) is 0 Å². The van der Waals surface area contributed by atoms with Crippen molar-refractivity contribution >= 4 is 39.2 Å². The molecule has 0 saturated carbocycles. The molecule has 1 aromatic heterocycles. The first-order valence-corrected chi connectivity index (χ1v) is 10.0. The van der Waals surface area contributed by atoms with Gasteiger partial charge < -0.3 is 14.6 Å². The maximum atomic E-state index is 11.1. The summed E-state index contributed by atoms with van der Waals surface area (Å²) in [6.07, 6.45) is 3.35. The molecule has 5 nitrogen and oxygen atoms in total. The molecule has 0 aliphatic carbocycles. The number of rotatable bonds is 9. The average Bonchev–Trinajstić information content (AvgIpc) is 3.13. The van der Waals surface area contributed by atoms with Gasteiger partial charge in [0.2, 0.25) is 0 Å². The van der Waals surface area contributed by atoms with Crippen molar-refractivity contribution in [1.29, 1.82) is 0 Å². The van der Waals surface area contributed by atoms with Gasteiger partial charge in [0.05, 0.1) is 23.9 Å². The third kappa shape index (κ3) is 4.89. The Balaban J connectivity index is 1.99. The first-order valence-electron chi connectivity index (χ1n) is 9.20. The van der Waals surface area contributed by atoms with E-state index in [-0.39, 0.29) is 6.42 Å². The highest BCUT2D eigenvalue weighted by Crippen LogP contribution is 2.33. The zero-order chi connectivity index (χ0) is 19.9. The molecule has 0 amide bonds. The summed E-state index contributed by atoms with van der Waals surface area (Å²) in [5.74, 6) is 0.534. The van der Waals surface area contributed by atoms with Crippen LogP contribution in [0.4, 0.5) is 0 Å². The first-order chi connectivity index (χ1) is 13.6. The quantitative estimate of drug-likeness (QED) is 0.516. The summed E-state index contributed by atoms with van der Waals surface area (Å²) in [7, 11) is 1.61. The van der Waals surface area contributed by atoms with Crippen LogP contribution in [0.3, 0.4) is 0 Å². The molecule has 1 N–H and O–H groups in total. The van der Waals surface area contributed by atoms with E-state index in [4.69, 9.17) is 19.6 Å². The third-order valence-electron chi connectivity index (χ3n) is 4.17. The van der Waals surface area contributed by atoms with Crippen LogP contribution in [0.1, 0.15) is 36.8 Å². The Labute approximate surface area is 168 Å². The number of fused-ring (bicyclic) bond motifs is 1. The molecule has 6 heteroatoms. The Hall–Kier alpha value is -2.86. The predicted molar refractivity (Wildman–Crippen MR) is 113 cm³/mol. The molecule has 0 saturated heterocycles. The minimum Gasteiger partial charge on any atom is -0.493 e. The van der Waals surface area contributed by atoms with Crippen LogP contribution in [-0.2, 0) is 4.79 Å². The summed E-state index contributed by atoms with van der Waals surface area (Å²) in [5.41, 5.74) is 2.74. The summed E-state index contributed by atoms with van der Waals surface area (Å²) in [5, 5.41) is 9.99. The van der Waals surface area contributed by atoms with E-state index in [0.717, 1.165) is 32.8 Å². The van der Waals surface area contributed by atoms with Gasteiger partial charge in [0.25, 0.3) is 0 Å². The van der Waals surface area contributed by atoms with Gasteiger partial charge in [-0.3, -0.25) is 4.79 Å². The number of aliphatic carboxylic acids is 1. The molecule has 3 aromatic rings. The van der Waals surface area contributed by atoms with Crippen molar-refractivity contribution in [3.8, 4) is 11.5 Å². The lowest BCUT2D eigenvalue weighted by atomic mass is 10.1. The molecule has 0 fully saturated rings. The molecule has 0 atom stereocenters. The number of carbonyl (C=O) groups is 1. The lowest BCUT2D eigenvalue weighted by Crippen LogP contribution is -1.98. The van der Waals surface area contributed by atoms with Crippen LogP contribution in [0.25, 0.3) is 21.9 Å². The van der Waals surface area contributed by atoms with Crippen molar-refractivity contribution in [2.45, 2.75) is 26.2 Å². The second-order valence-corrected chi connectivity index (χ2v) is 7.34. The number of carboxylic acid groups (broad SMARTS) is 1. The second kappa shape index (κ2) is 9.37. The van der Waals surface area contributed by atoms with Crippen molar-refractivity contribution < 1.29 is 19.4 Å². The molecule has 3 rings (SSSR count). The van der Waals surface area contributed by atoms with Crippen LogP contribution < -0.4 is 9.47 Å². The third-order valence-corrected chi connectivity index (χ3v) is 5.28. The van der Waals surface area contributed by atoms with Crippen LogP contribution in [0.5, 0.6) is 11.5 Å². The van der Waals surface area contributed by atoms with Gasteiger partial charge in [-0.1, -0.05) is 25.1 Å². The van der Waals surface area contributed by atoms with Crippen LogP contribution in [0.15, 0.2) is 42.5 Å². The Morgan fingerprint density at radius 3 is 2.71 bits per heavy atom. The van der Waals surface area contributed by atoms with Gasteiger partial charge in [0.1, 0.15) is 5.01 Å². The van der Waals surface area contributed by atoms with E-state index in [1.165, 1.54) is 0 Å². The minimum atomic E-state index is -0.825. The molecule has 0 aliphatic heterocycles. The van der Waals surface area contributed by atoms with Crippen molar-refractivity contribution in [3.05, 3.63) is 53.0 Å². The van der Waals surface area contributed by atoms with Crippen LogP contribution in [-0.4, -0.2) is 29.8 Å². The summed E-state index contributed by atoms with van der Waals surface area (Å²) < 4.78 is 12.2. The molecule has 28 heavy (non-hydrogen) atoms. The SMILES string of the molecule is CCCOc1cc(C=C(CCC(=O)O)c2nc3ccccc3s2)ccc1OC. The fraction of sp³-hybridized carbons (Fsp3) is 0.273. The van der Waals surface area contributed by atoms with E-state index in [1.54, 1.807) is 18.4 Å². The average molecular weight is 397 g/mol. The topological polar surface area (TPSA) is 68.7 Å². The lowest BCUT2D eigenvalue weighted by molar-refractivity contribution is -0.136. The molecule has 146 valence electrons. The predicted octanol–water partition coefficient (Wildman–Crippen LogP) is 5.50. The van der Waals surface area contributed by atoms with Crippen LogP contribution >= 0.6 is 11.3 Å². The largest absolute Gasteiger partial charge is 0.493 e. The van der Waals surface area contributed by atoms with Gasteiger partial charge in [-0.25, -0.2) is 4.98 Å². The molecule has 0 spiro atoms. The first kappa shape index (κ1) is 19.9. The number of aromatic nitrogens is 1. The second-order valence-electron chi connectivity index (χ2n) is 6.31. The van der Waals surface area contributed by atoms with Gasteiger partial charge in [-0.2, -0.15) is 0 Å². The summed E-state index contributed by atoms with van der Waals surface area (Å²) in [6.45, 7) is 2.65. The van der Waals surface area contributed by atoms with Gasteiger partial charge in [0, 0.05) is 6.42 Å². The number of methoxy groups -OCH3 is 1. The Bertz CT molecular complexity index is 960. The van der Waals surface area contributed by atoms with Crippen LogP contribution in [0.2, 0.25) is 0 Å². The maximum absolute atomic E-state index is 11.1. The number of para-hydroxylation sites is 1. The smallest absolute Gasteiger partial charge is 0.303 e. The van der Waals surface area contributed by atoms with E-state index in [9.17, 15) is 4.79 Å². The number of allylic oxidation sites excluding steroid dienone is 1. The van der Waals surface area contributed by atoms with E-state index < -0.39 is 5.97 Å². The fourth-order valence-corrected chi connectivity index (χ4v) is 3.81. The summed E-state index contributed by atoms with van der Waals surface area (Å²) in [4.78, 5) is 15.8. The monoisotopic (exact) mass is 397 g/mol. The van der Waals surface area contributed by atoms with Gasteiger partial charge >= 0.3 is 5.97 Å². The van der Waals surface area contributed by atoms with Crippen molar-refractivity contribution in [2.75, 3.05) is 13.7 Å². The van der Waals surface area contributed by atoms with E-state index in [0.29, 0.717) is 24.5 Å². The molecular formula is C22H23NO4S. The number of thiazole rings is 1. The molecule has 0 unspecified atom stereocenters. The normalized spacial score (nSPS) is 11.6. The Morgan fingerprint density at radius 2 is 2.00 bits per heavy atom. The van der Waals surface area contributed by atoms with Gasteiger partial charge in [0.15, 0.2) is 11.5 Å². The zero-order valence-electron chi connectivity index (χ0n) is 16.0. The zero-order valence-corrected chi connectivity index (χ0v) is 16.8. The highest BCUT2D eigenvalue weighted by Gasteiger charge is 2.12. The number of ether oxygens (including phenoxy) is 2. The summed E-state index contributed by atoms with van der Waals surface area (Å²) in [6, 6.07) is 13.6. The Kier molecular flexibility index (Phi) is 6.66.